The van der Waals surface area contributed by atoms with E-state index in [1.165, 1.54) is 12.1 Å². The summed E-state index contributed by atoms with van der Waals surface area (Å²) in [6.07, 6.45) is -4.55. The van der Waals surface area contributed by atoms with Gasteiger partial charge in [-0.25, -0.2) is 9.59 Å². The van der Waals surface area contributed by atoms with Crippen molar-refractivity contribution in [3.63, 3.8) is 0 Å². The molecule has 2 rings (SSSR count). The summed E-state index contributed by atoms with van der Waals surface area (Å²) in [6.45, 7) is -1.21. The highest BCUT2D eigenvalue weighted by molar-refractivity contribution is 5.82. The van der Waals surface area contributed by atoms with Crippen LogP contribution in [0.15, 0.2) is 33.5 Å². The highest BCUT2D eigenvalue weighted by atomic mass is 19.4. The number of hydrogen-bond donors (Lipinski definition) is 1. The first-order valence-electron chi connectivity index (χ1n) is 7.30. The average Bonchev–Trinajstić information content (AvgIpc) is 2.55. The minimum atomic E-state index is -4.55. The molecule has 0 saturated heterocycles. The second-order valence-corrected chi connectivity index (χ2v) is 5.25. The number of esters is 1. The van der Waals surface area contributed by atoms with E-state index in [1.54, 1.807) is 24.4 Å². The summed E-state index contributed by atoms with van der Waals surface area (Å²) in [7, 11) is 0. The molecule has 0 unspecified atom stereocenters. The first kappa shape index (κ1) is 19.3. The van der Waals surface area contributed by atoms with E-state index in [4.69, 9.17) is 9.15 Å². The van der Waals surface area contributed by atoms with Crippen LogP contribution >= 0.6 is 0 Å². The standard InChI is InChI=1S/C16H14F3NO6/c1-9-4-14(22)26-12-5-10(2-3-11(9)12)24-7-15(23)25-6-13(21)20-8-16(17,18)19/h2-5H,6-8H2,1H3,(H,20,21). The summed E-state index contributed by atoms with van der Waals surface area (Å²) in [4.78, 5) is 33.9. The Morgan fingerprint density at radius 2 is 1.92 bits per heavy atom. The zero-order chi connectivity index (χ0) is 19.3. The maximum Gasteiger partial charge on any atom is 0.405 e. The lowest BCUT2D eigenvalue weighted by Crippen LogP contribution is -2.36. The normalized spacial score (nSPS) is 11.2. The quantitative estimate of drug-likeness (QED) is 0.612. The molecule has 0 atom stereocenters. The number of aryl methyl sites for hydroxylation is 1. The highest BCUT2D eigenvalue weighted by Crippen LogP contribution is 2.22. The van der Waals surface area contributed by atoms with Crippen molar-refractivity contribution in [2.75, 3.05) is 19.8 Å². The molecule has 1 amide bonds. The first-order valence-corrected chi connectivity index (χ1v) is 7.30. The second kappa shape index (κ2) is 7.89. The first-order chi connectivity index (χ1) is 12.1. The van der Waals surface area contributed by atoms with E-state index in [9.17, 15) is 27.6 Å². The zero-order valence-corrected chi connectivity index (χ0v) is 13.5. The van der Waals surface area contributed by atoms with Crippen molar-refractivity contribution in [1.29, 1.82) is 0 Å². The number of alkyl halides is 3. The van der Waals surface area contributed by atoms with Crippen molar-refractivity contribution in [3.05, 3.63) is 40.2 Å². The third-order valence-electron chi connectivity index (χ3n) is 3.13. The van der Waals surface area contributed by atoms with Crippen LogP contribution in [-0.2, 0) is 14.3 Å². The molecule has 0 aliphatic heterocycles. The summed E-state index contributed by atoms with van der Waals surface area (Å²) in [5.41, 5.74) is 0.455. The molecule has 0 fully saturated rings. The third-order valence-corrected chi connectivity index (χ3v) is 3.13. The van der Waals surface area contributed by atoms with E-state index < -0.39 is 43.4 Å². The summed E-state index contributed by atoms with van der Waals surface area (Å²) >= 11 is 0. The number of ether oxygens (including phenoxy) is 2. The molecule has 0 saturated carbocycles. The molecular formula is C16H14F3NO6. The molecule has 1 aromatic heterocycles. The summed E-state index contributed by atoms with van der Waals surface area (Å²) in [5, 5.41) is 2.25. The van der Waals surface area contributed by atoms with Crippen molar-refractivity contribution in [1.82, 2.24) is 5.32 Å². The number of halogens is 3. The number of carbonyl (C=O) groups excluding carboxylic acids is 2. The predicted molar refractivity (Wildman–Crippen MR) is 82.7 cm³/mol. The fourth-order valence-corrected chi connectivity index (χ4v) is 1.97. The fourth-order valence-electron chi connectivity index (χ4n) is 1.97. The summed E-state index contributed by atoms with van der Waals surface area (Å²) in [6, 6.07) is 5.93. The average molecular weight is 373 g/mol. The van der Waals surface area contributed by atoms with Crippen LogP contribution in [0, 0.1) is 6.92 Å². The Labute approximate surface area is 144 Å². The molecule has 0 aliphatic carbocycles. The topological polar surface area (TPSA) is 94.8 Å². The lowest BCUT2D eigenvalue weighted by molar-refractivity contribution is -0.152. The maximum atomic E-state index is 11.9. The molecule has 1 aromatic carbocycles. The van der Waals surface area contributed by atoms with Gasteiger partial charge in [-0.05, 0) is 24.6 Å². The predicted octanol–water partition coefficient (Wildman–Crippen LogP) is 1.70. The van der Waals surface area contributed by atoms with Gasteiger partial charge in [0, 0.05) is 17.5 Å². The number of hydrogen-bond acceptors (Lipinski definition) is 6. The molecule has 1 N–H and O–H groups in total. The van der Waals surface area contributed by atoms with Gasteiger partial charge in [0.2, 0.25) is 0 Å². The molecule has 0 radical (unpaired) electrons. The molecule has 26 heavy (non-hydrogen) atoms. The van der Waals surface area contributed by atoms with Crippen molar-refractivity contribution in [3.8, 4) is 5.75 Å². The maximum absolute atomic E-state index is 11.9. The number of amides is 1. The van der Waals surface area contributed by atoms with Crippen molar-refractivity contribution in [2.24, 2.45) is 0 Å². The van der Waals surface area contributed by atoms with Gasteiger partial charge in [-0.1, -0.05) is 0 Å². The van der Waals surface area contributed by atoms with E-state index in [1.807, 2.05) is 0 Å². The Balaban J connectivity index is 1.85. The smallest absolute Gasteiger partial charge is 0.405 e. The molecule has 10 heteroatoms. The third kappa shape index (κ3) is 5.80. The minimum Gasteiger partial charge on any atom is -0.482 e. The van der Waals surface area contributed by atoms with Gasteiger partial charge < -0.3 is 19.2 Å². The molecule has 7 nitrogen and oxygen atoms in total. The molecule has 0 bridgehead atoms. The van der Waals surface area contributed by atoms with Crippen LogP contribution in [0.3, 0.4) is 0 Å². The van der Waals surface area contributed by atoms with Crippen LogP contribution in [0.4, 0.5) is 13.2 Å². The SMILES string of the molecule is Cc1cc(=O)oc2cc(OCC(=O)OCC(=O)NCC(F)(F)F)ccc12. The summed E-state index contributed by atoms with van der Waals surface area (Å²) in [5.74, 6) is -1.82. The Bertz CT molecular complexity index is 874. The van der Waals surface area contributed by atoms with E-state index in [2.05, 4.69) is 4.74 Å². The monoisotopic (exact) mass is 373 g/mol. The van der Waals surface area contributed by atoms with Crippen LogP contribution in [0.1, 0.15) is 5.56 Å². The molecule has 0 spiro atoms. The molecular weight excluding hydrogens is 359 g/mol. The Kier molecular flexibility index (Phi) is 5.86. The van der Waals surface area contributed by atoms with Crippen molar-refractivity contribution >= 4 is 22.8 Å². The molecule has 1 heterocycles. The van der Waals surface area contributed by atoms with Gasteiger partial charge >= 0.3 is 17.8 Å². The van der Waals surface area contributed by atoms with Crippen LogP contribution in [-0.4, -0.2) is 37.8 Å². The van der Waals surface area contributed by atoms with Gasteiger partial charge in [0.05, 0.1) is 0 Å². The van der Waals surface area contributed by atoms with Gasteiger partial charge in [0.15, 0.2) is 13.2 Å². The Morgan fingerprint density at radius 1 is 1.19 bits per heavy atom. The number of carbonyl (C=O) groups is 2. The zero-order valence-electron chi connectivity index (χ0n) is 13.5. The van der Waals surface area contributed by atoms with Crippen molar-refractivity contribution < 1.29 is 36.7 Å². The lowest BCUT2D eigenvalue weighted by Gasteiger charge is -2.09. The summed E-state index contributed by atoms with van der Waals surface area (Å²) < 4.78 is 50.4. The van der Waals surface area contributed by atoms with Crippen LogP contribution in [0.5, 0.6) is 5.75 Å². The van der Waals surface area contributed by atoms with E-state index >= 15 is 0 Å². The Hall–Kier alpha value is -3.04. The van der Waals surface area contributed by atoms with Crippen LogP contribution in [0.2, 0.25) is 0 Å². The van der Waals surface area contributed by atoms with Gasteiger partial charge in [0.25, 0.3) is 5.91 Å². The van der Waals surface area contributed by atoms with Crippen LogP contribution < -0.4 is 15.7 Å². The Morgan fingerprint density at radius 3 is 2.62 bits per heavy atom. The van der Waals surface area contributed by atoms with E-state index in [0.29, 0.717) is 10.9 Å². The molecule has 0 aliphatic rings. The number of benzene rings is 1. The minimum absolute atomic E-state index is 0.213. The van der Waals surface area contributed by atoms with Crippen molar-refractivity contribution in [2.45, 2.75) is 13.1 Å². The van der Waals surface area contributed by atoms with E-state index in [0.717, 1.165) is 0 Å². The fraction of sp³-hybridized carbons (Fsp3) is 0.312. The van der Waals surface area contributed by atoms with E-state index in [-0.39, 0.29) is 11.3 Å². The lowest BCUT2D eigenvalue weighted by atomic mass is 10.1. The van der Waals surface area contributed by atoms with Crippen LogP contribution in [0.25, 0.3) is 11.0 Å². The molecule has 140 valence electrons. The second-order valence-electron chi connectivity index (χ2n) is 5.25. The highest BCUT2D eigenvalue weighted by Gasteiger charge is 2.27. The number of rotatable bonds is 6. The van der Waals surface area contributed by atoms with Gasteiger partial charge in [-0.15, -0.1) is 0 Å². The largest absolute Gasteiger partial charge is 0.482 e. The van der Waals surface area contributed by atoms with Gasteiger partial charge in [-0.2, -0.15) is 13.2 Å². The van der Waals surface area contributed by atoms with Gasteiger partial charge in [-0.3, -0.25) is 4.79 Å². The number of nitrogens with one attached hydrogen (secondary N) is 1. The number of fused-ring (bicyclic) bond motifs is 1. The van der Waals surface area contributed by atoms with Gasteiger partial charge in [0.1, 0.15) is 17.9 Å². The molecule has 2 aromatic rings.